The fourth-order valence-electron chi connectivity index (χ4n) is 4.17. The molecule has 2 aliphatic carbocycles. The molecule has 1 aromatic heterocycles. The van der Waals surface area contributed by atoms with Crippen LogP contribution in [0.1, 0.15) is 45.9 Å². The van der Waals surface area contributed by atoms with Crippen LogP contribution in [0.4, 0.5) is 0 Å². The summed E-state index contributed by atoms with van der Waals surface area (Å²) in [5.74, 6) is 1.69. The van der Waals surface area contributed by atoms with Crippen LogP contribution in [0.2, 0.25) is 0 Å². The first-order valence-corrected chi connectivity index (χ1v) is 7.03. The molecule has 2 saturated carbocycles. The molecular weight excluding hydrogens is 226 g/mol. The first-order valence-electron chi connectivity index (χ1n) is 7.03. The molecule has 1 heterocycles. The molecule has 0 saturated heterocycles. The molecule has 0 radical (unpaired) electrons. The van der Waals surface area contributed by atoms with Gasteiger partial charge >= 0.3 is 0 Å². The van der Waals surface area contributed by atoms with Crippen LogP contribution >= 0.6 is 0 Å². The summed E-state index contributed by atoms with van der Waals surface area (Å²) >= 11 is 0. The van der Waals surface area contributed by atoms with Gasteiger partial charge in [0.05, 0.1) is 0 Å². The average molecular weight is 249 g/mol. The monoisotopic (exact) mass is 249 g/mol. The van der Waals surface area contributed by atoms with Crippen LogP contribution in [0.15, 0.2) is 10.9 Å². The van der Waals surface area contributed by atoms with Crippen LogP contribution in [0.3, 0.4) is 0 Å². The molecule has 3 rings (SSSR count). The molecular formula is C14H23N3O. The lowest BCUT2D eigenvalue weighted by molar-refractivity contribution is 0.121. The van der Waals surface area contributed by atoms with E-state index in [4.69, 9.17) is 4.52 Å². The van der Waals surface area contributed by atoms with Crippen LogP contribution in [0.5, 0.6) is 0 Å². The molecule has 1 N–H and O–H groups in total. The van der Waals surface area contributed by atoms with Crippen molar-refractivity contribution in [3.63, 3.8) is 0 Å². The molecule has 4 nitrogen and oxygen atoms in total. The summed E-state index contributed by atoms with van der Waals surface area (Å²) < 4.78 is 4.75. The molecule has 3 unspecified atom stereocenters. The van der Waals surface area contributed by atoms with Crippen molar-refractivity contribution < 1.29 is 4.52 Å². The third-order valence-corrected chi connectivity index (χ3v) is 5.94. The van der Waals surface area contributed by atoms with Gasteiger partial charge in [0.1, 0.15) is 0 Å². The third kappa shape index (κ3) is 1.62. The number of hydrogen-bond acceptors (Lipinski definition) is 4. The topological polar surface area (TPSA) is 51.0 Å². The van der Waals surface area contributed by atoms with Gasteiger partial charge in [-0.1, -0.05) is 25.9 Å². The fraction of sp³-hybridized carbons (Fsp3) is 0.857. The Balaban J connectivity index is 1.59. The minimum atomic E-state index is 0.453. The number of nitrogens with zero attached hydrogens (tertiary/aromatic N) is 2. The van der Waals surface area contributed by atoms with Crippen molar-refractivity contribution in [1.82, 2.24) is 15.5 Å². The molecule has 0 aromatic carbocycles. The molecule has 2 bridgehead atoms. The van der Waals surface area contributed by atoms with Crippen molar-refractivity contribution in [1.29, 1.82) is 0 Å². The summed E-state index contributed by atoms with van der Waals surface area (Å²) in [6.45, 7) is 8.31. The second-order valence-corrected chi connectivity index (χ2v) is 6.71. The molecule has 0 amide bonds. The van der Waals surface area contributed by atoms with E-state index in [9.17, 15) is 0 Å². The normalized spacial score (nSPS) is 37.3. The van der Waals surface area contributed by atoms with Gasteiger partial charge in [-0.3, -0.25) is 0 Å². The van der Waals surface area contributed by atoms with Gasteiger partial charge in [0.25, 0.3) is 0 Å². The van der Waals surface area contributed by atoms with Crippen LogP contribution in [-0.2, 0) is 6.42 Å². The largest absolute Gasteiger partial charge is 0.343 e. The molecule has 100 valence electrons. The molecule has 1 aromatic rings. The highest BCUT2D eigenvalue weighted by Crippen LogP contribution is 2.65. The van der Waals surface area contributed by atoms with E-state index in [1.807, 2.05) is 0 Å². The van der Waals surface area contributed by atoms with Gasteiger partial charge < -0.3 is 9.84 Å². The van der Waals surface area contributed by atoms with Gasteiger partial charge in [-0.2, -0.15) is 4.98 Å². The smallest absolute Gasteiger partial charge is 0.213 e. The maximum atomic E-state index is 4.75. The Kier molecular flexibility index (Phi) is 2.73. The lowest BCUT2D eigenvalue weighted by Crippen LogP contribution is -2.45. The van der Waals surface area contributed by atoms with E-state index in [-0.39, 0.29) is 0 Å². The standard InChI is InChI=1S/C14H23N3O/c1-13(2)10-4-6-14(13,3)11(8-10)15-7-5-12-16-9-18-17-12/h9-11,15H,4-8H2,1-3H3. The van der Waals surface area contributed by atoms with Gasteiger partial charge in [0.15, 0.2) is 5.82 Å². The summed E-state index contributed by atoms with van der Waals surface area (Å²) in [5, 5.41) is 7.57. The van der Waals surface area contributed by atoms with E-state index < -0.39 is 0 Å². The Morgan fingerprint density at radius 2 is 2.28 bits per heavy atom. The van der Waals surface area contributed by atoms with E-state index in [1.165, 1.54) is 25.7 Å². The first kappa shape index (κ1) is 12.2. The zero-order valence-corrected chi connectivity index (χ0v) is 11.6. The Bertz CT molecular complexity index is 415. The van der Waals surface area contributed by atoms with E-state index in [0.717, 1.165) is 24.7 Å². The maximum absolute atomic E-state index is 4.75. The molecule has 18 heavy (non-hydrogen) atoms. The molecule has 3 atom stereocenters. The van der Waals surface area contributed by atoms with Gasteiger partial charge in [-0.15, -0.1) is 0 Å². The average Bonchev–Trinajstić information content (AvgIpc) is 2.95. The highest BCUT2D eigenvalue weighted by atomic mass is 16.5. The Morgan fingerprint density at radius 1 is 1.44 bits per heavy atom. The zero-order chi connectivity index (χ0) is 12.8. The van der Waals surface area contributed by atoms with Crippen LogP contribution in [0.25, 0.3) is 0 Å². The summed E-state index contributed by atoms with van der Waals surface area (Å²) in [7, 11) is 0. The van der Waals surface area contributed by atoms with Crippen molar-refractivity contribution in [3.8, 4) is 0 Å². The Morgan fingerprint density at radius 3 is 2.83 bits per heavy atom. The van der Waals surface area contributed by atoms with Crippen molar-refractivity contribution in [3.05, 3.63) is 12.2 Å². The highest BCUT2D eigenvalue weighted by molar-refractivity contribution is 5.13. The number of fused-ring (bicyclic) bond motifs is 2. The predicted molar refractivity (Wildman–Crippen MR) is 69.0 cm³/mol. The predicted octanol–water partition coefficient (Wildman–Crippen LogP) is 2.42. The lowest BCUT2D eigenvalue weighted by atomic mass is 9.69. The number of nitrogens with one attached hydrogen (secondary N) is 1. The van der Waals surface area contributed by atoms with Crippen LogP contribution in [-0.4, -0.2) is 22.7 Å². The van der Waals surface area contributed by atoms with Gasteiger partial charge in [0, 0.05) is 19.0 Å². The lowest BCUT2D eigenvalue weighted by Gasteiger charge is -2.39. The van der Waals surface area contributed by atoms with Gasteiger partial charge in [-0.05, 0) is 36.0 Å². The minimum absolute atomic E-state index is 0.453. The van der Waals surface area contributed by atoms with E-state index >= 15 is 0 Å². The SMILES string of the molecule is CC1(C)C2CCC1(C)C(NCCc1ncon1)C2. The summed E-state index contributed by atoms with van der Waals surface area (Å²) in [5.41, 5.74) is 0.936. The second-order valence-electron chi connectivity index (χ2n) is 6.71. The van der Waals surface area contributed by atoms with Gasteiger partial charge in [0.2, 0.25) is 6.39 Å². The first-order chi connectivity index (χ1) is 8.54. The summed E-state index contributed by atoms with van der Waals surface area (Å²) in [6, 6.07) is 0.651. The molecule has 2 aliphatic rings. The van der Waals surface area contributed by atoms with Crippen LogP contribution in [0, 0.1) is 16.7 Å². The molecule has 4 heteroatoms. The van der Waals surface area contributed by atoms with Crippen LogP contribution < -0.4 is 5.32 Å². The van der Waals surface area contributed by atoms with E-state index in [0.29, 0.717) is 16.9 Å². The summed E-state index contributed by atoms with van der Waals surface area (Å²) in [4.78, 5) is 4.06. The maximum Gasteiger partial charge on any atom is 0.213 e. The number of aromatic nitrogens is 2. The van der Waals surface area contributed by atoms with Gasteiger partial charge in [-0.25, -0.2) is 0 Å². The second kappa shape index (κ2) is 4.05. The molecule has 0 spiro atoms. The Hall–Kier alpha value is -0.900. The molecule has 0 aliphatic heterocycles. The molecule has 2 fully saturated rings. The third-order valence-electron chi connectivity index (χ3n) is 5.94. The Labute approximate surface area is 109 Å². The fourth-order valence-corrected chi connectivity index (χ4v) is 4.17. The zero-order valence-electron chi connectivity index (χ0n) is 11.6. The minimum Gasteiger partial charge on any atom is -0.343 e. The number of hydrogen-bond donors (Lipinski definition) is 1. The van der Waals surface area contributed by atoms with Crippen molar-refractivity contribution in [2.24, 2.45) is 16.7 Å². The van der Waals surface area contributed by atoms with Crippen molar-refractivity contribution in [2.75, 3.05) is 6.54 Å². The number of rotatable bonds is 4. The van der Waals surface area contributed by atoms with Crippen molar-refractivity contribution in [2.45, 2.75) is 52.5 Å². The van der Waals surface area contributed by atoms with E-state index in [2.05, 4.69) is 36.2 Å². The quantitative estimate of drug-likeness (QED) is 0.890. The highest BCUT2D eigenvalue weighted by Gasteiger charge is 2.60. The van der Waals surface area contributed by atoms with Crippen molar-refractivity contribution >= 4 is 0 Å². The van der Waals surface area contributed by atoms with E-state index in [1.54, 1.807) is 0 Å². The summed E-state index contributed by atoms with van der Waals surface area (Å²) in [6.07, 6.45) is 6.36.